The van der Waals surface area contributed by atoms with Crippen molar-refractivity contribution in [1.29, 1.82) is 0 Å². The van der Waals surface area contributed by atoms with Crippen LogP contribution in [0.2, 0.25) is 0 Å². The van der Waals surface area contributed by atoms with Gasteiger partial charge in [-0.3, -0.25) is 37.3 Å². The standard InChI is InChI=1S/C81H158O17P2/c1-7-9-11-13-15-17-19-21-22-23-28-35-41-47-53-59-65-80(85)97-76(69-91-78(83)63-57-51-45-39-33-20-18-16-14-12-10-8-2)71-95-99(87,88)93-67-75(82)68-94-100(89,90)96-72-77(98-81(86)66-60-54-48-42-36-30-25-27-32-38-44-50-56-62-74(5)6)70-92-79(84)64-58-52-46-40-34-29-24-26-31-37-43-49-55-61-73(3)4/h73-77,82H,7-72H2,1-6H3,(H,87,88)(H,89,90)/t75-,76+,77+/m0/s1. The number of carbonyl (C=O) groups excluding carboxylic acids is 4. The molecule has 3 N–H and O–H groups in total. The van der Waals surface area contributed by atoms with Crippen LogP contribution in [0.25, 0.3) is 0 Å². The molecule has 0 aromatic carbocycles. The van der Waals surface area contributed by atoms with E-state index in [2.05, 4.69) is 41.5 Å². The molecule has 0 radical (unpaired) electrons. The van der Waals surface area contributed by atoms with Crippen LogP contribution < -0.4 is 0 Å². The summed E-state index contributed by atoms with van der Waals surface area (Å²) in [4.78, 5) is 73.1. The maximum absolute atomic E-state index is 13.1. The summed E-state index contributed by atoms with van der Waals surface area (Å²) in [6, 6.07) is 0. The van der Waals surface area contributed by atoms with E-state index < -0.39 is 97.5 Å². The van der Waals surface area contributed by atoms with Crippen molar-refractivity contribution in [2.24, 2.45) is 11.8 Å². The molecule has 0 saturated heterocycles. The number of aliphatic hydroxyl groups is 1. The zero-order chi connectivity index (χ0) is 73.5. The summed E-state index contributed by atoms with van der Waals surface area (Å²) >= 11 is 0. The number of rotatable bonds is 80. The first kappa shape index (κ1) is 98.1. The normalized spacial score (nSPS) is 13.9. The van der Waals surface area contributed by atoms with Crippen molar-refractivity contribution in [3.8, 4) is 0 Å². The molecule has 594 valence electrons. The molecule has 0 aliphatic heterocycles. The minimum atomic E-state index is -4.96. The largest absolute Gasteiger partial charge is 0.472 e. The molecule has 0 rings (SSSR count). The molecule has 5 atom stereocenters. The van der Waals surface area contributed by atoms with E-state index >= 15 is 0 Å². The van der Waals surface area contributed by atoms with E-state index in [4.69, 9.17) is 37.0 Å². The van der Waals surface area contributed by atoms with Gasteiger partial charge < -0.3 is 33.8 Å². The highest BCUT2D eigenvalue weighted by atomic mass is 31.2. The third-order valence-electron chi connectivity index (χ3n) is 19.0. The van der Waals surface area contributed by atoms with Crippen LogP contribution in [0.5, 0.6) is 0 Å². The van der Waals surface area contributed by atoms with Gasteiger partial charge in [0.1, 0.15) is 19.3 Å². The van der Waals surface area contributed by atoms with Crippen LogP contribution in [-0.2, 0) is 65.4 Å². The highest BCUT2D eigenvalue weighted by molar-refractivity contribution is 7.47. The summed E-state index contributed by atoms with van der Waals surface area (Å²) in [6.45, 7) is 9.68. The number of hydrogen-bond donors (Lipinski definition) is 3. The Balaban J connectivity index is 5.27. The topological polar surface area (TPSA) is 237 Å². The van der Waals surface area contributed by atoms with Crippen LogP contribution in [0.1, 0.15) is 427 Å². The summed E-state index contributed by atoms with van der Waals surface area (Å²) in [5.41, 5.74) is 0. The summed E-state index contributed by atoms with van der Waals surface area (Å²) in [6.07, 6.45) is 62.2. The maximum atomic E-state index is 13.1. The van der Waals surface area contributed by atoms with Crippen molar-refractivity contribution in [3.63, 3.8) is 0 Å². The van der Waals surface area contributed by atoms with Crippen molar-refractivity contribution >= 4 is 39.5 Å². The Labute approximate surface area is 613 Å². The van der Waals surface area contributed by atoms with Gasteiger partial charge in [0.15, 0.2) is 12.2 Å². The lowest BCUT2D eigenvalue weighted by Gasteiger charge is -2.21. The molecule has 0 amide bonds. The number of phosphoric ester groups is 2. The molecule has 100 heavy (non-hydrogen) atoms. The highest BCUT2D eigenvalue weighted by Gasteiger charge is 2.30. The van der Waals surface area contributed by atoms with Crippen molar-refractivity contribution in [3.05, 3.63) is 0 Å². The maximum Gasteiger partial charge on any atom is 0.472 e. The van der Waals surface area contributed by atoms with Crippen LogP contribution in [0.15, 0.2) is 0 Å². The highest BCUT2D eigenvalue weighted by Crippen LogP contribution is 2.45. The zero-order valence-electron chi connectivity index (χ0n) is 65.5. The predicted molar refractivity (Wildman–Crippen MR) is 409 cm³/mol. The smallest absolute Gasteiger partial charge is 0.462 e. The molecule has 0 spiro atoms. The number of esters is 4. The van der Waals surface area contributed by atoms with Crippen LogP contribution in [0, 0.1) is 11.8 Å². The first-order valence-electron chi connectivity index (χ1n) is 42.0. The van der Waals surface area contributed by atoms with Crippen LogP contribution >= 0.6 is 15.6 Å². The van der Waals surface area contributed by atoms with Crippen molar-refractivity contribution in [2.45, 2.75) is 445 Å². The van der Waals surface area contributed by atoms with E-state index in [0.29, 0.717) is 25.7 Å². The van der Waals surface area contributed by atoms with Gasteiger partial charge in [0, 0.05) is 25.7 Å². The average Bonchev–Trinajstić information content (AvgIpc) is 1.04. The lowest BCUT2D eigenvalue weighted by atomic mass is 10.0. The fourth-order valence-electron chi connectivity index (χ4n) is 12.5. The molecule has 17 nitrogen and oxygen atoms in total. The van der Waals surface area contributed by atoms with Gasteiger partial charge in [-0.2, -0.15) is 0 Å². The number of phosphoric acid groups is 2. The second-order valence-electron chi connectivity index (χ2n) is 30.1. The number of ether oxygens (including phenoxy) is 4. The molecule has 0 aromatic rings. The van der Waals surface area contributed by atoms with Crippen molar-refractivity contribution in [2.75, 3.05) is 39.6 Å². The van der Waals surface area contributed by atoms with Gasteiger partial charge >= 0.3 is 39.5 Å². The monoisotopic (exact) mass is 1470 g/mol. The van der Waals surface area contributed by atoms with E-state index in [1.807, 2.05) is 0 Å². The quantitative estimate of drug-likeness (QED) is 0.0222. The lowest BCUT2D eigenvalue weighted by Crippen LogP contribution is -2.30. The molecular weight excluding hydrogens is 1310 g/mol. The number of hydrogen-bond acceptors (Lipinski definition) is 15. The van der Waals surface area contributed by atoms with Gasteiger partial charge in [0.2, 0.25) is 0 Å². The van der Waals surface area contributed by atoms with Gasteiger partial charge in [-0.1, -0.05) is 375 Å². The zero-order valence-corrected chi connectivity index (χ0v) is 67.3. The Kier molecular flexibility index (Phi) is 71.2. The minimum Gasteiger partial charge on any atom is -0.462 e. The van der Waals surface area contributed by atoms with E-state index in [-0.39, 0.29) is 25.7 Å². The van der Waals surface area contributed by atoms with E-state index in [1.165, 1.54) is 244 Å². The van der Waals surface area contributed by atoms with Crippen LogP contribution in [-0.4, -0.2) is 96.7 Å². The second kappa shape index (κ2) is 72.6. The molecule has 0 aromatic heterocycles. The number of carbonyl (C=O) groups is 4. The average molecular weight is 1470 g/mol. The van der Waals surface area contributed by atoms with Crippen LogP contribution in [0.4, 0.5) is 0 Å². The SMILES string of the molecule is CCCCCCCCCCCCCCCCCCC(=O)O[C@H](COC(=O)CCCCCCCCCCCCCC)COP(=O)(O)OC[C@H](O)COP(=O)(O)OC[C@@H](COC(=O)CCCCCCCCCCCCCCCC(C)C)OC(=O)CCCCCCCCCCCCCCCC(C)C. The Hall–Kier alpha value is -1.94. The molecule has 19 heteroatoms. The first-order valence-corrected chi connectivity index (χ1v) is 45.0. The fraction of sp³-hybridized carbons (Fsp3) is 0.951. The third kappa shape index (κ3) is 74.3. The summed E-state index contributed by atoms with van der Waals surface area (Å²) in [5.74, 6) is -0.528. The number of unbranched alkanes of at least 4 members (excludes halogenated alkanes) is 50. The molecule has 2 unspecified atom stereocenters. The van der Waals surface area contributed by atoms with Gasteiger partial charge in [0.05, 0.1) is 26.4 Å². The molecule has 0 heterocycles. The third-order valence-corrected chi connectivity index (χ3v) is 20.9. The molecule has 0 aliphatic carbocycles. The Morgan fingerprint density at radius 1 is 0.270 bits per heavy atom. The predicted octanol–water partition coefficient (Wildman–Crippen LogP) is 24.3. The van der Waals surface area contributed by atoms with E-state index in [9.17, 15) is 43.2 Å². The molecule has 0 bridgehead atoms. The van der Waals surface area contributed by atoms with Crippen LogP contribution in [0.3, 0.4) is 0 Å². The molecular formula is C81H158O17P2. The summed E-state index contributed by atoms with van der Waals surface area (Å²) in [7, 11) is -9.92. The molecule has 0 saturated carbocycles. The Bertz CT molecular complexity index is 1920. The molecule has 0 fully saturated rings. The van der Waals surface area contributed by atoms with Gasteiger partial charge in [-0.25, -0.2) is 9.13 Å². The summed E-state index contributed by atoms with van der Waals surface area (Å²) in [5, 5.41) is 10.6. The Morgan fingerprint density at radius 2 is 0.460 bits per heavy atom. The number of aliphatic hydroxyl groups excluding tert-OH is 1. The van der Waals surface area contributed by atoms with Gasteiger partial charge in [-0.15, -0.1) is 0 Å². The first-order chi connectivity index (χ1) is 48.4. The minimum absolute atomic E-state index is 0.108. The fourth-order valence-corrected chi connectivity index (χ4v) is 14.1. The van der Waals surface area contributed by atoms with Crippen molar-refractivity contribution < 1.29 is 80.2 Å². The lowest BCUT2D eigenvalue weighted by molar-refractivity contribution is -0.161. The second-order valence-corrected chi connectivity index (χ2v) is 33.0. The Morgan fingerprint density at radius 3 is 0.680 bits per heavy atom. The van der Waals surface area contributed by atoms with E-state index in [1.54, 1.807) is 0 Å². The van der Waals surface area contributed by atoms with E-state index in [0.717, 1.165) is 102 Å². The van der Waals surface area contributed by atoms with Gasteiger partial charge in [0.25, 0.3) is 0 Å². The van der Waals surface area contributed by atoms with Gasteiger partial charge in [-0.05, 0) is 37.5 Å². The summed E-state index contributed by atoms with van der Waals surface area (Å²) < 4.78 is 68.8. The van der Waals surface area contributed by atoms with Crippen molar-refractivity contribution in [1.82, 2.24) is 0 Å². The molecule has 0 aliphatic rings.